The van der Waals surface area contributed by atoms with Gasteiger partial charge < -0.3 is 20.9 Å². The molecule has 6 rings (SSSR count). The van der Waals surface area contributed by atoms with Gasteiger partial charge in [-0.05, 0) is 66.8 Å². The average molecular weight is 536 g/mol. The second-order valence-corrected chi connectivity index (χ2v) is 9.93. The maximum Gasteiger partial charge on any atom is 0.227 e. The third-order valence-electron chi connectivity index (χ3n) is 7.07. The molecule has 8 nitrogen and oxygen atoms in total. The number of aromatic nitrogens is 4. The minimum absolute atomic E-state index is 0.0825. The predicted octanol–water partition coefficient (Wildman–Crippen LogP) is 5.84. The van der Waals surface area contributed by atoms with Crippen molar-refractivity contribution in [1.29, 1.82) is 0 Å². The van der Waals surface area contributed by atoms with Crippen LogP contribution in [0.4, 0.5) is 10.2 Å². The van der Waals surface area contributed by atoms with Gasteiger partial charge in [-0.1, -0.05) is 25.1 Å². The van der Waals surface area contributed by atoms with Gasteiger partial charge in [0.1, 0.15) is 17.3 Å². The van der Waals surface area contributed by atoms with Crippen LogP contribution in [0.25, 0.3) is 33.4 Å². The zero-order valence-electron chi connectivity index (χ0n) is 22.3. The van der Waals surface area contributed by atoms with E-state index in [1.54, 1.807) is 12.3 Å². The Bertz CT molecular complexity index is 1720. The highest BCUT2D eigenvalue weighted by Crippen LogP contribution is 2.37. The molecule has 1 aliphatic heterocycles. The molecule has 0 saturated heterocycles. The Morgan fingerprint density at radius 1 is 1.23 bits per heavy atom. The van der Waals surface area contributed by atoms with Crippen LogP contribution in [0.2, 0.25) is 0 Å². The molecular formula is C31H30FN7O. The predicted molar refractivity (Wildman–Crippen MR) is 156 cm³/mol. The SMILES string of the molecule is CC/C(=C\C(=C/NC)c1cc2c(-c3cc4c([nH]3)NC=CC=C4c3cccc(F)c3)n[nH]c2cn1)NC(=O)C1CC1. The van der Waals surface area contributed by atoms with Gasteiger partial charge in [0.05, 0.1) is 23.1 Å². The van der Waals surface area contributed by atoms with Gasteiger partial charge in [-0.2, -0.15) is 5.10 Å². The summed E-state index contributed by atoms with van der Waals surface area (Å²) in [7, 11) is 1.83. The van der Waals surface area contributed by atoms with Crippen molar-refractivity contribution in [3.63, 3.8) is 0 Å². The smallest absolute Gasteiger partial charge is 0.227 e. The van der Waals surface area contributed by atoms with Gasteiger partial charge in [0, 0.05) is 47.6 Å². The monoisotopic (exact) mass is 535 g/mol. The van der Waals surface area contributed by atoms with Crippen molar-refractivity contribution in [2.75, 3.05) is 12.4 Å². The normalized spacial score (nSPS) is 15.3. The zero-order chi connectivity index (χ0) is 27.6. The highest BCUT2D eigenvalue weighted by atomic mass is 19.1. The fourth-order valence-electron chi connectivity index (χ4n) is 4.83. The number of aromatic amines is 2. The maximum atomic E-state index is 14.0. The largest absolute Gasteiger partial charge is 0.393 e. The van der Waals surface area contributed by atoms with Gasteiger partial charge >= 0.3 is 0 Å². The Morgan fingerprint density at radius 3 is 2.88 bits per heavy atom. The average Bonchev–Trinajstić information content (AvgIpc) is 3.66. The van der Waals surface area contributed by atoms with Gasteiger partial charge in [-0.25, -0.2) is 4.39 Å². The fraction of sp³-hybridized carbons (Fsp3) is 0.194. The second-order valence-electron chi connectivity index (χ2n) is 9.93. The van der Waals surface area contributed by atoms with Crippen LogP contribution in [-0.4, -0.2) is 33.1 Å². The third-order valence-corrected chi connectivity index (χ3v) is 7.07. The molecule has 40 heavy (non-hydrogen) atoms. The molecule has 2 aliphatic rings. The highest BCUT2D eigenvalue weighted by molar-refractivity contribution is 5.96. The Labute approximate surface area is 231 Å². The molecule has 1 fully saturated rings. The standard InChI is InChI=1S/C31H30FN7O/c1-3-22(36-31(40)18-9-10-18)13-20(16-33-2)26-15-25-28(17-35-26)38-39-29(25)27-14-24-23(8-5-11-34-30(24)37-27)19-6-4-7-21(32)12-19/h4-8,11-18,33-34,37H,3,9-10H2,1-2H3,(H,36,40)(H,38,39)/b20-16+,22-13+. The number of anilines is 1. The number of hydrogen-bond donors (Lipinski definition) is 5. The molecule has 0 atom stereocenters. The van der Waals surface area contributed by atoms with E-state index in [1.807, 2.05) is 62.8 Å². The molecule has 0 radical (unpaired) electrons. The summed E-state index contributed by atoms with van der Waals surface area (Å²) in [5.74, 6) is 0.723. The summed E-state index contributed by atoms with van der Waals surface area (Å²) in [5.41, 5.74) is 7.35. The van der Waals surface area contributed by atoms with Crippen molar-refractivity contribution in [2.24, 2.45) is 5.92 Å². The van der Waals surface area contributed by atoms with Crippen LogP contribution in [0, 0.1) is 11.7 Å². The molecule has 1 aromatic carbocycles. The number of nitrogens with zero attached hydrogens (tertiary/aromatic N) is 2. The van der Waals surface area contributed by atoms with Crippen LogP contribution >= 0.6 is 0 Å². The summed E-state index contributed by atoms with van der Waals surface area (Å²) >= 11 is 0. The lowest BCUT2D eigenvalue weighted by Gasteiger charge is -2.10. The zero-order valence-corrected chi connectivity index (χ0v) is 22.3. The number of fused-ring (bicyclic) bond motifs is 2. The number of carbonyl (C=O) groups is 1. The molecule has 9 heteroatoms. The summed E-state index contributed by atoms with van der Waals surface area (Å²) in [6.45, 7) is 2.02. The molecule has 0 spiro atoms. The molecule has 4 aromatic rings. The lowest BCUT2D eigenvalue weighted by Crippen LogP contribution is -2.24. The first-order valence-corrected chi connectivity index (χ1v) is 13.4. The van der Waals surface area contributed by atoms with Crippen LogP contribution in [0.1, 0.15) is 43.0 Å². The third kappa shape index (κ3) is 5.05. The molecular weight excluding hydrogens is 505 g/mol. The van der Waals surface area contributed by atoms with Gasteiger partial charge in [0.2, 0.25) is 5.91 Å². The first-order valence-electron chi connectivity index (χ1n) is 13.4. The fourth-order valence-corrected chi connectivity index (χ4v) is 4.83. The first-order chi connectivity index (χ1) is 19.5. The molecule has 3 aromatic heterocycles. The number of rotatable bonds is 8. The minimum atomic E-state index is -0.284. The number of benzene rings is 1. The van der Waals surface area contributed by atoms with Crippen LogP contribution in [0.15, 0.2) is 78.9 Å². The van der Waals surface area contributed by atoms with Crippen molar-refractivity contribution in [1.82, 2.24) is 30.8 Å². The lowest BCUT2D eigenvalue weighted by atomic mass is 9.98. The quantitative estimate of drug-likeness (QED) is 0.182. The van der Waals surface area contributed by atoms with Crippen molar-refractivity contribution in [3.8, 4) is 11.4 Å². The second kappa shape index (κ2) is 10.7. The first kappa shape index (κ1) is 25.4. The topological polar surface area (TPSA) is 111 Å². The molecule has 0 unspecified atom stereocenters. The lowest BCUT2D eigenvalue weighted by molar-refractivity contribution is -0.121. The van der Waals surface area contributed by atoms with Crippen molar-refractivity contribution >= 4 is 33.8 Å². The Balaban J connectivity index is 1.38. The van der Waals surface area contributed by atoms with Crippen LogP contribution < -0.4 is 16.0 Å². The number of halogens is 1. The Morgan fingerprint density at radius 2 is 2.10 bits per heavy atom. The van der Waals surface area contributed by atoms with E-state index in [0.29, 0.717) is 6.42 Å². The molecule has 4 heterocycles. The van der Waals surface area contributed by atoms with Gasteiger partial charge in [-0.15, -0.1) is 0 Å². The van der Waals surface area contributed by atoms with E-state index in [1.165, 1.54) is 12.1 Å². The van der Waals surface area contributed by atoms with E-state index in [4.69, 9.17) is 0 Å². The summed E-state index contributed by atoms with van der Waals surface area (Å²) in [6, 6.07) is 10.6. The van der Waals surface area contributed by atoms with Gasteiger partial charge in [0.15, 0.2) is 0 Å². The van der Waals surface area contributed by atoms with Crippen molar-refractivity contribution in [3.05, 3.63) is 102 Å². The number of H-pyrrole nitrogens is 2. The van der Waals surface area contributed by atoms with E-state index in [9.17, 15) is 9.18 Å². The van der Waals surface area contributed by atoms with E-state index in [0.717, 1.165) is 74.6 Å². The molecule has 0 bridgehead atoms. The number of allylic oxidation sites excluding steroid dienone is 5. The number of carbonyl (C=O) groups excluding carboxylic acids is 1. The summed E-state index contributed by atoms with van der Waals surface area (Å²) < 4.78 is 14.0. The number of nitrogens with one attached hydrogen (secondary N) is 5. The number of amides is 1. The van der Waals surface area contributed by atoms with Crippen LogP contribution in [-0.2, 0) is 4.79 Å². The van der Waals surface area contributed by atoms with Crippen molar-refractivity contribution < 1.29 is 9.18 Å². The van der Waals surface area contributed by atoms with E-state index in [2.05, 4.69) is 36.1 Å². The summed E-state index contributed by atoms with van der Waals surface area (Å²) in [6.07, 6.45) is 13.9. The van der Waals surface area contributed by atoms with E-state index >= 15 is 0 Å². The maximum absolute atomic E-state index is 14.0. The minimum Gasteiger partial charge on any atom is -0.393 e. The summed E-state index contributed by atoms with van der Waals surface area (Å²) in [5, 5.41) is 18.0. The molecule has 1 aliphatic carbocycles. The van der Waals surface area contributed by atoms with E-state index in [-0.39, 0.29) is 17.6 Å². The van der Waals surface area contributed by atoms with Gasteiger partial charge in [-0.3, -0.25) is 14.9 Å². The van der Waals surface area contributed by atoms with Crippen molar-refractivity contribution in [2.45, 2.75) is 26.2 Å². The van der Waals surface area contributed by atoms with Gasteiger partial charge in [0.25, 0.3) is 0 Å². The summed E-state index contributed by atoms with van der Waals surface area (Å²) in [4.78, 5) is 20.5. The Kier molecular flexibility index (Phi) is 6.77. The van der Waals surface area contributed by atoms with Crippen LogP contribution in [0.5, 0.6) is 0 Å². The molecule has 202 valence electrons. The van der Waals surface area contributed by atoms with Crippen LogP contribution in [0.3, 0.4) is 0 Å². The Hall–Kier alpha value is -4.92. The molecule has 1 amide bonds. The van der Waals surface area contributed by atoms with E-state index < -0.39 is 0 Å². The number of hydrogen-bond acceptors (Lipinski definition) is 5. The highest BCUT2D eigenvalue weighted by Gasteiger charge is 2.29. The molecule has 5 N–H and O–H groups in total. The number of pyridine rings is 1. The molecule has 1 saturated carbocycles.